The molecular weight excluding hydrogens is 586 g/mol. The number of ether oxygens (including phenoxy) is 1. The Morgan fingerprint density at radius 2 is 1.73 bits per heavy atom. The first-order valence-corrected chi connectivity index (χ1v) is 18.2. The molecule has 0 unspecified atom stereocenters. The number of amides is 3. The fraction of sp³-hybridized carbons (Fsp3) is 0.714. The second-order valence-electron chi connectivity index (χ2n) is 13.6. The number of hydrogen-bond donors (Lipinski definition) is 3. The van der Waals surface area contributed by atoms with E-state index in [-0.39, 0.29) is 29.7 Å². The van der Waals surface area contributed by atoms with E-state index in [9.17, 15) is 14.4 Å². The molecule has 3 heterocycles. The van der Waals surface area contributed by atoms with Gasteiger partial charge in [0, 0.05) is 50.6 Å². The SMILES string of the molecule is CCC(=O)N[C@@H](Cc1nc2ccc(C(C)C)cc2s1)C(=O)N[C@H](CNC(=O)C1CCN(C2CCOCC2)CC1)C1CCCCC1. The lowest BCUT2D eigenvalue weighted by molar-refractivity contribution is -0.130. The van der Waals surface area contributed by atoms with Gasteiger partial charge < -0.3 is 25.6 Å². The Hall–Kier alpha value is -2.56. The summed E-state index contributed by atoms with van der Waals surface area (Å²) in [5, 5.41) is 10.3. The number of fused-ring (bicyclic) bond motifs is 1. The molecule has 1 aromatic heterocycles. The van der Waals surface area contributed by atoms with Gasteiger partial charge in [-0.05, 0) is 81.1 Å². The maximum absolute atomic E-state index is 13.9. The van der Waals surface area contributed by atoms with Crippen LogP contribution >= 0.6 is 11.3 Å². The Morgan fingerprint density at radius 1 is 1.00 bits per heavy atom. The number of carbonyl (C=O) groups is 3. The van der Waals surface area contributed by atoms with Gasteiger partial charge in [-0.15, -0.1) is 11.3 Å². The van der Waals surface area contributed by atoms with Crippen molar-refractivity contribution in [3.05, 3.63) is 28.8 Å². The van der Waals surface area contributed by atoms with E-state index in [1.54, 1.807) is 18.3 Å². The summed E-state index contributed by atoms with van der Waals surface area (Å²) in [5.74, 6) is 0.474. The van der Waals surface area contributed by atoms with E-state index in [1.807, 2.05) is 6.07 Å². The lowest BCUT2D eigenvalue weighted by atomic mass is 9.83. The van der Waals surface area contributed by atoms with Gasteiger partial charge in [-0.25, -0.2) is 4.98 Å². The average Bonchev–Trinajstić information content (AvgIpc) is 3.48. The molecule has 0 spiro atoms. The Labute approximate surface area is 272 Å². The zero-order valence-corrected chi connectivity index (χ0v) is 28.3. The van der Waals surface area contributed by atoms with Gasteiger partial charge in [0.15, 0.2) is 0 Å². The number of aromatic nitrogens is 1. The van der Waals surface area contributed by atoms with Crippen LogP contribution in [0.2, 0.25) is 0 Å². The third-order valence-corrected chi connectivity index (χ3v) is 11.2. The summed E-state index contributed by atoms with van der Waals surface area (Å²) in [7, 11) is 0. The fourth-order valence-corrected chi connectivity index (χ4v) is 8.26. The van der Waals surface area contributed by atoms with Crippen molar-refractivity contribution in [2.75, 3.05) is 32.8 Å². The zero-order chi connectivity index (χ0) is 31.8. The Balaban J connectivity index is 1.22. The van der Waals surface area contributed by atoms with E-state index in [0.717, 1.165) is 92.9 Å². The molecule has 0 bridgehead atoms. The number of thiazole rings is 1. The van der Waals surface area contributed by atoms with Crippen LogP contribution in [0.5, 0.6) is 0 Å². The van der Waals surface area contributed by atoms with Gasteiger partial charge in [0.1, 0.15) is 6.04 Å². The van der Waals surface area contributed by atoms with E-state index >= 15 is 0 Å². The summed E-state index contributed by atoms with van der Waals surface area (Å²) < 4.78 is 6.63. The monoisotopic (exact) mass is 639 g/mol. The third-order valence-electron chi connectivity index (χ3n) is 10.1. The van der Waals surface area contributed by atoms with Crippen molar-refractivity contribution in [3.8, 4) is 0 Å². The van der Waals surface area contributed by atoms with Gasteiger partial charge in [0.2, 0.25) is 17.7 Å². The molecule has 2 aliphatic heterocycles. The molecule has 3 aliphatic rings. The lowest BCUT2D eigenvalue weighted by Gasteiger charge is -2.39. The number of piperidine rings is 1. The van der Waals surface area contributed by atoms with Crippen LogP contribution in [-0.2, 0) is 25.5 Å². The third kappa shape index (κ3) is 9.26. The van der Waals surface area contributed by atoms with Crippen molar-refractivity contribution in [3.63, 3.8) is 0 Å². The first kappa shape index (κ1) is 33.8. The molecule has 0 radical (unpaired) electrons. The van der Waals surface area contributed by atoms with E-state index in [4.69, 9.17) is 9.72 Å². The standard InChI is InChI=1S/C35H53N5O4S/c1-4-32(41)37-29(21-33-38-28-11-10-26(23(2)3)20-31(28)45-33)35(43)39-30(24-8-6-5-7-9-24)22-36-34(42)25-12-16-40(17-13-25)27-14-18-44-19-15-27/h10-11,20,23-25,27,29-30H,4-9,12-19,21-22H2,1-3H3,(H,36,42)(H,37,41)(H,39,43)/t29-,30+/m0/s1. The largest absolute Gasteiger partial charge is 0.381 e. The molecule has 3 amide bonds. The first-order chi connectivity index (χ1) is 21.8. The van der Waals surface area contributed by atoms with Crippen LogP contribution in [0.25, 0.3) is 10.2 Å². The Morgan fingerprint density at radius 3 is 2.42 bits per heavy atom. The number of rotatable bonds is 12. The van der Waals surface area contributed by atoms with Crippen LogP contribution in [0.1, 0.15) is 101 Å². The summed E-state index contributed by atoms with van der Waals surface area (Å²) in [6, 6.07) is 6.01. The van der Waals surface area contributed by atoms with Gasteiger partial charge in [-0.1, -0.05) is 46.1 Å². The van der Waals surface area contributed by atoms with Gasteiger partial charge in [-0.2, -0.15) is 0 Å². The molecule has 248 valence electrons. The van der Waals surface area contributed by atoms with E-state index in [2.05, 4.69) is 46.8 Å². The van der Waals surface area contributed by atoms with Crippen LogP contribution in [0.15, 0.2) is 18.2 Å². The topological polar surface area (TPSA) is 113 Å². The molecule has 1 aliphatic carbocycles. The van der Waals surface area contributed by atoms with Gasteiger partial charge in [-0.3, -0.25) is 14.4 Å². The Kier molecular flexibility index (Phi) is 12.3. The second kappa shape index (κ2) is 16.3. The fourth-order valence-electron chi connectivity index (χ4n) is 7.20. The van der Waals surface area contributed by atoms with Crippen LogP contribution in [0.4, 0.5) is 0 Å². The maximum atomic E-state index is 13.9. The van der Waals surface area contributed by atoms with Crippen molar-refractivity contribution in [1.82, 2.24) is 25.8 Å². The van der Waals surface area contributed by atoms with E-state index < -0.39 is 6.04 Å². The lowest BCUT2D eigenvalue weighted by Crippen LogP contribution is -2.55. The summed E-state index contributed by atoms with van der Waals surface area (Å²) in [5.41, 5.74) is 2.18. The van der Waals surface area contributed by atoms with Crippen LogP contribution in [0.3, 0.4) is 0 Å². The number of carbonyl (C=O) groups excluding carboxylic acids is 3. The molecule has 10 heteroatoms. The van der Waals surface area contributed by atoms with Gasteiger partial charge in [0.25, 0.3) is 0 Å². The van der Waals surface area contributed by atoms with Crippen molar-refractivity contribution < 1.29 is 19.1 Å². The highest BCUT2D eigenvalue weighted by Gasteiger charge is 2.32. The second-order valence-corrected chi connectivity index (χ2v) is 14.7. The van der Waals surface area contributed by atoms with Crippen LogP contribution < -0.4 is 16.0 Å². The normalized spacial score (nSPS) is 20.6. The maximum Gasteiger partial charge on any atom is 0.243 e. The molecule has 2 atom stereocenters. The molecule has 1 aromatic carbocycles. The predicted molar refractivity (Wildman–Crippen MR) is 179 cm³/mol. The van der Waals surface area contributed by atoms with Crippen molar-refractivity contribution in [2.24, 2.45) is 11.8 Å². The van der Waals surface area contributed by atoms with Crippen molar-refractivity contribution in [1.29, 1.82) is 0 Å². The summed E-state index contributed by atoms with van der Waals surface area (Å²) in [4.78, 5) is 47.1. The number of nitrogens with one attached hydrogen (secondary N) is 3. The molecule has 9 nitrogen and oxygen atoms in total. The van der Waals surface area contributed by atoms with Crippen LogP contribution in [0, 0.1) is 11.8 Å². The highest BCUT2D eigenvalue weighted by atomic mass is 32.1. The highest BCUT2D eigenvalue weighted by molar-refractivity contribution is 7.18. The number of nitrogens with zero attached hydrogens (tertiary/aromatic N) is 2. The summed E-state index contributed by atoms with van der Waals surface area (Å²) in [6.07, 6.45) is 10.1. The van der Waals surface area contributed by atoms with Crippen LogP contribution in [-0.4, -0.2) is 78.6 Å². The molecule has 45 heavy (non-hydrogen) atoms. The molecule has 2 aromatic rings. The summed E-state index contributed by atoms with van der Waals surface area (Å²) in [6.45, 7) is 10.1. The molecule has 1 saturated carbocycles. The number of likely N-dealkylation sites (tertiary alicyclic amines) is 1. The molecule has 3 fully saturated rings. The molecule has 3 N–H and O–H groups in total. The minimum absolute atomic E-state index is 0.00985. The number of hydrogen-bond acceptors (Lipinski definition) is 7. The average molecular weight is 640 g/mol. The van der Waals surface area contributed by atoms with Crippen molar-refractivity contribution in [2.45, 2.75) is 115 Å². The molecule has 2 saturated heterocycles. The predicted octanol–water partition coefficient (Wildman–Crippen LogP) is 4.93. The molecule has 5 rings (SSSR count). The van der Waals surface area contributed by atoms with Gasteiger partial charge in [0.05, 0.1) is 15.2 Å². The van der Waals surface area contributed by atoms with E-state index in [1.165, 1.54) is 12.0 Å². The molecular formula is C35H53N5O4S. The highest BCUT2D eigenvalue weighted by Crippen LogP contribution is 2.29. The minimum Gasteiger partial charge on any atom is -0.381 e. The van der Waals surface area contributed by atoms with Crippen molar-refractivity contribution >= 4 is 39.3 Å². The zero-order valence-electron chi connectivity index (χ0n) is 27.4. The Bertz CT molecular complexity index is 1280. The smallest absolute Gasteiger partial charge is 0.243 e. The van der Waals surface area contributed by atoms with E-state index in [0.29, 0.717) is 37.3 Å². The quantitative estimate of drug-likeness (QED) is 0.304. The first-order valence-electron chi connectivity index (χ1n) is 17.4. The van der Waals surface area contributed by atoms with Gasteiger partial charge >= 0.3 is 0 Å². The minimum atomic E-state index is -0.723. The summed E-state index contributed by atoms with van der Waals surface area (Å²) >= 11 is 1.59. The number of benzene rings is 1.